The molecule has 0 bridgehead atoms. The Bertz CT molecular complexity index is 501. The van der Waals surface area contributed by atoms with Crippen molar-refractivity contribution in [2.45, 2.75) is 0 Å². The highest BCUT2D eigenvalue weighted by atomic mass is 35.5. The van der Waals surface area contributed by atoms with Crippen LogP contribution in [0.25, 0.3) is 0 Å². The predicted molar refractivity (Wildman–Crippen MR) is 63.3 cm³/mol. The Hall–Kier alpha value is -2.24. The van der Waals surface area contributed by atoms with E-state index in [4.69, 9.17) is 22.1 Å². The van der Waals surface area contributed by atoms with Crippen molar-refractivity contribution in [2.75, 3.05) is 18.4 Å². The van der Waals surface area contributed by atoms with Gasteiger partial charge >= 0.3 is 0 Å². The minimum Gasteiger partial charge on any atom is -0.375 e. The van der Waals surface area contributed by atoms with Crippen molar-refractivity contribution < 1.29 is 4.79 Å². The molecule has 0 unspecified atom stereocenters. The predicted octanol–water partition coefficient (Wildman–Crippen LogP) is 1.26. The number of carbonyl (C=O) groups excluding carboxylic acids is 1. The molecule has 0 aliphatic carbocycles. The molecule has 0 saturated carbocycles. The largest absolute Gasteiger partial charge is 0.375 e. The molecule has 6 heteroatoms. The Labute approximate surface area is 104 Å². The van der Waals surface area contributed by atoms with Gasteiger partial charge in [0.05, 0.1) is 23.9 Å². The van der Waals surface area contributed by atoms with Gasteiger partial charge in [-0.3, -0.25) is 4.79 Å². The number of nitrogens with zero attached hydrogens (tertiary/aromatic N) is 2. The molecule has 86 valence electrons. The Morgan fingerprint density at radius 3 is 2.82 bits per heavy atom. The summed E-state index contributed by atoms with van der Waals surface area (Å²) in [4.78, 5) is 11.2. The first-order valence-corrected chi connectivity index (χ1v) is 5.12. The van der Waals surface area contributed by atoms with Gasteiger partial charge in [0, 0.05) is 5.02 Å². The van der Waals surface area contributed by atoms with Crippen LogP contribution in [-0.2, 0) is 4.79 Å². The van der Waals surface area contributed by atoms with E-state index in [2.05, 4.69) is 10.6 Å². The minimum absolute atomic E-state index is 0.0172. The van der Waals surface area contributed by atoms with Gasteiger partial charge in [0.25, 0.3) is 0 Å². The number of anilines is 1. The van der Waals surface area contributed by atoms with Crippen molar-refractivity contribution in [3.8, 4) is 12.1 Å². The summed E-state index contributed by atoms with van der Waals surface area (Å²) < 4.78 is 0. The highest BCUT2D eigenvalue weighted by molar-refractivity contribution is 6.30. The van der Waals surface area contributed by atoms with Crippen molar-refractivity contribution in [2.24, 2.45) is 0 Å². The topological polar surface area (TPSA) is 88.7 Å². The molecular formula is C11H9ClN4O. The highest BCUT2D eigenvalue weighted by Crippen LogP contribution is 2.19. The van der Waals surface area contributed by atoms with Gasteiger partial charge in [0.2, 0.25) is 5.91 Å². The van der Waals surface area contributed by atoms with Crippen molar-refractivity contribution in [1.29, 1.82) is 10.5 Å². The van der Waals surface area contributed by atoms with E-state index in [1.807, 2.05) is 6.07 Å². The van der Waals surface area contributed by atoms with Crippen LogP contribution in [0.4, 0.5) is 5.69 Å². The Morgan fingerprint density at radius 2 is 2.18 bits per heavy atom. The van der Waals surface area contributed by atoms with Crippen LogP contribution in [0.1, 0.15) is 5.56 Å². The summed E-state index contributed by atoms with van der Waals surface area (Å²) in [5, 5.41) is 22.7. The summed E-state index contributed by atoms with van der Waals surface area (Å²) in [6.45, 7) is -0.0577. The molecule has 0 radical (unpaired) electrons. The average molecular weight is 249 g/mol. The van der Waals surface area contributed by atoms with Crippen LogP contribution in [0, 0.1) is 22.7 Å². The first kappa shape index (κ1) is 12.8. The third-order valence-corrected chi connectivity index (χ3v) is 2.14. The molecular weight excluding hydrogens is 240 g/mol. The van der Waals surface area contributed by atoms with E-state index in [-0.39, 0.29) is 19.0 Å². The number of hydrogen-bond acceptors (Lipinski definition) is 4. The van der Waals surface area contributed by atoms with E-state index in [1.54, 1.807) is 24.3 Å². The molecule has 0 saturated heterocycles. The van der Waals surface area contributed by atoms with Gasteiger partial charge in [-0.05, 0) is 18.2 Å². The van der Waals surface area contributed by atoms with Crippen molar-refractivity contribution in [3.63, 3.8) is 0 Å². The van der Waals surface area contributed by atoms with Crippen LogP contribution >= 0.6 is 11.6 Å². The number of rotatable bonds is 4. The fraction of sp³-hybridized carbons (Fsp3) is 0.182. The van der Waals surface area contributed by atoms with Gasteiger partial charge in [-0.25, -0.2) is 0 Å². The van der Waals surface area contributed by atoms with Gasteiger partial charge in [-0.15, -0.1) is 0 Å². The molecule has 1 aromatic carbocycles. The van der Waals surface area contributed by atoms with E-state index < -0.39 is 0 Å². The fourth-order valence-corrected chi connectivity index (χ4v) is 1.31. The van der Waals surface area contributed by atoms with Crippen LogP contribution in [0.3, 0.4) is 0 Å². The Morgan fingerprint density at radius 1 is 1.41 bits per heavy atom. The van der Waals surface area contributed by atoms with Crippen molar-refractivity contribution in [1.82, 2.24) is 5.32 Å². The Kier molecular flexibility index (Phi) is 4.80. The summed E-state index contributed by atoms with van der Waals surface area (Å²) >= 11 is 5.78. The number of amides is 1. The summed E-state index contributed by atoms with van der Waals surface area (Å²) in [5.74, 6) is -0.324. The fourth-order valence-electron chi connectivity index (χ4n) is 1.14. The van der Waals surface area contributed by atoms with E-state index in [1.165, 1.54) is 0 Å². The Balaban J connectivity index is 2.63. The summed E-state index contributed by atoms with van der Waals surface area (Å²) in [5.41, 5.74) is 0.898. The molecule has 0 heterocycles. The van der Waals surface area contributed by atoms with E-state index in [0.717, 1.165) is 0 Å². The number of hydrogen-bond donors (Lipinski definition) is 2. The lowest BCUT2D eigenvalue weighted by Crippen LogP contribution is -2.30. The van der Waals surface area contributed by atoms with Crippen LogP contribution in [-0.4, -0.2) is 19.0 Å². The smallest absolute Gasteiger partial charge is 0.240 e. The number of nitriles is 2. The minimum atomic E-state index is -0.324. The standard InChI is InChI=1S/C11H9ClN4O/c12-9-2-1-8(6-14)10(5-9)16-7-11(17)15-4-3-13/h1-2,5,16H,4,7H2,(H,15,17). The van der Waals surface area contributed by atoms with Crippen LogP contribution in [0.15, 0.2) is 18.2 Å². The van der Waals surface area contributed by atoms with Gasteiger partial charge in [0.1, 0.15) is 12.6 Å². The summed E-state index contributed by atoms with van der Waals surface area (Å²) in [6, 6.07) is 8.51. The molecule has 1 aromatic rings. The number of halogens is 1. The molecule has 0 fully saturated rings. The van der Waals surface area contributed by atoms with Crippen LogP contribution in [0.5, 0.6) is 0 Å². The maximum absolute atomic E-state index is 11.2. The molecule has 5 nitrogen and oxygen atoms in total. The zero-order valence-electron chi connectivity index (χ0n) is 8.83. The molecule has 0 aliphatic rings. The second-order valence-electron chi connectivity index (χ2n) is 3.09. The second kappa shape index (κ2) is 6.37. The van der Waals surface area contributed by atoms with Crippen LogP contribution in [0.2, 0.25) is 5.02 Å². The second-order valence-corrected chi connectivity index (χ2v) is 3.53. The van der Waals surface area contributed by atoms with E-state index >= 15 is 0 Å². The number of benzene rings is 1. The van der Waals surface area contributed by atoms with Gasteiger partial charge < -0.3 is 10.6 Å². The zero-order valence-corrected chi connectivity index (χ0v) is 9.58. The third kappa shape index (κ3) is 4.02. The third-order valence-electron chi connectivity index (χ3n) is 1.91. The lowest BCUT2D eigenvalue weighted by molar-refractivity contribution is -0.119. The quantitative estimate of drug-likeness (QED) is 0.785. The highest BCUT2D eigenvalue weighted by Gasteiger charge is 2.05. The first-order chi connectivity index (χ1) is 8.17. The summed E-state index contributed by atoms with van der Waals surface area (Å²) in [7, 11) is 0. The monoisotopic (exact) mass is 248 g/mol. The number of nitrogens with one attached hydrogen (secondary N) is 2. The molecule has 0 aliphatic heterocycles. The normalized spacial score (nSPS) is 8.88. The van der Waals surface area contributed by atoms with E-state index in [0.29, 0.717) is 16.3 Å². The first-order valence-electron chi connectivity index (χ1n) is 4.74. The molecule has 0 aromatic heterocycles. The van der Waals surface area contributed by atoms with Gasteiger partial charge in [-0.2, -0.15) is 10.5 Å². The lowest BCUT2D eigenvalue weighted by atomic mass is 10.2. The summed E-state index contributed by atoms with van der Waals surface area (Å²) in [6.07, 6.45) is 0. The lowest BCUT2D eigenvalue weighted by Gasteiger charge is -2.07. The van der Waals surface area contributed by atoms with Crippen molar-refractivity contribution in [3.05, 3.63) is 28.8 Å². The zero-order chi connectivity index (χ0) is 12.7. The molecule has 1 amide bonds. The average Bonchev–Trinajstić information content (AvgIpc) is 2.34. The van der Waals surface area contributed by atoms with Crippen LogP contribution < -0.4 is 10.6 Å². The van der Waals surface area contributed by atoms with Gasteiger partial charge in [-0.1, -0.05) is 11.6 Å². The SMILES string of the molecule is N#CCNC(=O)CNc1cc(Cl)ccc1C#N. The molecule has 17 heavy (non-hydrogen) atoms. The van der Waals surface area contributed by atoms with Gasteiger partial charge in [0.15, 0.2) is 0 Å². The van der Waals surface area contributed by atoms with Crippen molar-refractivity contribution >= 4 is 23.2 Å². The maximum atomic E-state index is 11.2. The molecule has 0 atom stereocenters. The molecule has 1 rings (SSSR count). The van der Waals surface area contributed by atoms with E-state index in [9.17, 15) is 4.79 Å². The molecule has 0 spiro atoms. The molecule has 2 N–H and O–H groups in total. The maximum Gasteiger partial charge on any atom is 0.240 e. The number of carbonyl (C=O) groups is 1.